The van der Waals surface area contributed by atoms with Crippen molar-refractivity contribution in [3.8, 4) is 0 Å². The summed E-state index contributed by atoms with van der Waals surface area (Å²) in [4.78, 5) is 27.8. The van der Waals surface area contributed by atoms with Gasteiger partial charge >= 0.3 is 0 Å². The highest BCUT2D eigenvalue weighted by Gasteiger charge is 2.40. The van der Waals surface area contributed by atoms with E-state index in [4.69, 9.17) is 0 Å². The Balaban J connectivity index is 1.56. The number of alkyl halides is 2. The molecule has 2 saturated heterocycles. The number of aromatic nitrogens is 3. The second-order valence-electron chi connectivity index (χ2n) is 6.51. The summed E-state index contributed by atoms with van der Waals surface area (Å²) in [6, 6.07) is 2.11. The summed E-state index contributed by atoms with van der Waals surface area (Å²) in [5.74, 6) is 1.02. The minimum absolute atomic E-state index is 0.158. The molecule has 2 aliphatic rings. The van der Waals surface area contributed by atoms with Crippen LogP contribution < -0.4 is 4.90 Å². The lowest BCUT2D eigenvalue weighted by atomic mass is 9.92. The highest BCUT2D eigenvalue weighted by Crippen LogP contribution is 2.36. The van der Waals surface area contributed by atoms with Gasteiger partial charge in [0.2, 0.25) is 5.91 Å². The van der Waals surface area contributed by atoms with Crippen LogP contribution in [-0.2, 0) is 4.79 Å². The second kappa shape index (κ2) is 6.42. The molecule has 132 valence electrons. The van der Waals surface area contributed by atoms with E-state index >= 15 is 0 Å². The molecule has 0 saturated carbocycles. The Morgan fingerprint density at radius 1 is 1.32 bits per heavy atom. The molecule has 0 spiro atoms. The minimum atomic E-state index is -2.60. The fraction of sp³-hybridized carbons (Fsp3) is 0.471. The maximum atomic E-state index is 12.3. The van der Waals surface area contributed by atoms with Gasteiger partial charge in [-0.05, 0) is 30.9 Å². The summed E-state index contributed by atoms with van der Waals surface area (Å²) in [6.07, 6.45) is 4.34. The van der Waals surface area contributed by atoms with Crippen LogP contribution in [0.5, 0.6) is 0 Å². The van der Waals surface area contributed by atoms with Crippen LogP contribution in [0.1, 0.15) is 12.8 Å². The summed E-state index contributed by atoms with van der Waals surface area (Å²) >= 11 is 0. The van der Waals surface area contributed by atoms with Crippen molar-refractivity contribution < 1.29 is 13.6 Å². The number of rotatable bonds is 3. The summed E-state index contributed by atoms with van der Waals surface area (Å²) in [5.41, 5.74) is 0.789. The van der Waals surface area contributed by atoms with Crippen molar-refractivity contribution in [1.82, 2.24) is 19.9 Å². The molecule has 8 heteroatoms. The second-order valence-corrected chi connectivity index (χ2v) is 6.51. The number of H-pyrrole nitrogens is 1. The van der Waals surface area contributed by atoms with Gasteiger partial charge in [0.05, 0.1) is 11.4 Å². The standard InChI is InChI=1S/C17H19F2N5O/c18-14(19)1-2-15(25)23-7-4-11-5-8-24(13(11)9-23)17-12-3-6-20-16(12)21-10-22-17/h1-3,6,10-11,13-14H,4-5,7-9H2,(H,20,21,22)/t11-,13-/m1/s1. The number of nitrogens with one attached hydrogen (secondary N) is 1. The van der Waals surface area contributed by atoms with E-state index in [2.05, 4.69) is 19.9 Å². The van der Waals surface area contributed by atoms with Gasteiger partial charge in [0.1, 0.15) is 17.8 Å². The van der Waals surface area contributed by atoms with E-state index < -0.39 is 6.43 Å². The summed E-state index contributed by atoms with van der Waals surface area (Å²) < 4.78 is 24.6. The van der Waals surface area contributed by atoms with Gasteiger partial charge in [-0.1, -0.05) is 0 Å². The normalized spacial score (nSPS) is 23.8. The van der Waals surface area contributed by atoms with Crippen LogP contribution in [0.15, 0.2) is 30.7 Å². The fourth-order valence-corrected chi connectivity index (χ4v) is 3.95. The van der Waals surface area contributed by atoms with Gasteiger partial charge in [0.25, 0.3) is 6.43 Å². The number of amides is 1. The smallest absolute Gasteiger partial charge is 0.257 e. The van der Waals surface area contributed by atoms with Crippen LogP contribution in [0.25, 0.3) is 11.0 Å². The molecule has 25 heavy (non-hydrogen) atoms. The first-order valence-corrected chi connectivity index (χ1v) is 8.43. The van der Waals surface area contributed by atoms with Gasteiger partial charge in [0.15, 0.2) is 0 Å². The molecule has 6 nitrogen and oxygen atoms in total. The third-order valence-corrected chi connectivity index (χ3v) is 5.16. The van der Waals surface area contributed by atoms with Gasteiger partial charge in [-0.15, -0.1) is 0 Å². The molecule has 2 aliphatic heterocycles. The number of piperidine rings is 1. The molecule has 0 radical (unpaired) electrons. The monoisotopic (exact) mass is 347 g/mol. The zero-order valence-corrected chi connectivity index (χ0v) is 13.6. The largest absolute Gasteiger partial charge is 0.351 e. The number of hydrogen-bond donors (Lipinski definition) is 1. The van der Waals surface area contributed by atoms with Gasteiger partial charge in [-0.3, -0.25) is 4.79 Å². The molecule has 0 bridgehead atoms. The van der Waals surface area contributed by atoms with Crippen molar-refractivity contribution in [3.05, 3.63) is 30.7 Å². The van der Waals surface area contributed by atoms with Gasteiger partial charge in [0, 0.05) is 31.9 Å². The SMILES string of the molecule is O=C(C=CC(F)F)N1CC[C@@H]2CCN(c3ncnc4[nH]ccc34)[C@@H]2C1. The minimum Gasteiger partial charge on any atom is -0.351 e. The Bertz CT molecular complexity index is 805. The van der Waals surface area contributed by atoms with E-state index in [1.54, 1.807) is 11.2 Å². The van der Waals surface area contributed by atoms with Crippen LogP contribution >= 0.6 is 0 Å². The van der Waals surface area contributed by atoms with E-state index in [9.17, 15) is 13.6 Å². The van der Waals surface area contributed by atoms with Gasteiger partial charge in [-0.25, -0.2) is 18.7 Å². The summed E-state index contributed by atoms with van der Waals surface area (Å²) in [6.45, 7) is 2.03. The van der Waals surface area contributed by atoms with Crippen molar-refractivity contribution in [3.63, 3.8) is 0 Å². The predicted molar refractivity (Wildman–Crippen MR) is 89.5 cm³/mol. The number of nitrogens with zero attached hydrogens (tertiary/aromatic N) is 4. The maximum Gasteiger partial charge on any atom is 0.257 e. The van der Waals surface area contributed by atoms with Crippen LogP contribution in [-0.4, -0.2) is 57.9 Å². The molecular formula is C17H19F2N5O. The number of aromatic amines is 1. The van der Waals surface area contributed by atoms with E-state index in [0.717, 1.165) is 42.3 Å². The Labute approximate surface area is 143 Å². The van der Waals surface area contributed by atoms with Crippen molar-refractivity contribution in [1.29, 1.82) is 0 Å². The molecule has 1 amide bonds. The number of likely N-dealkylation sites (tertiary alicyclic amines) is 1. The Morgan fingerprint density at radius 3 is 3.00 bits per heavy atom. The molecule has 4 heterocycles. The van der Waals surface area contributed by atoms with E-state index in [1.165, 1.54) is 0 Å². The fourth-order valence-electron chi connectivity index (χ4n) is 3.95. The maximum absolute atomic E-state index is 12.3. The number of carbonyl (C=O) groups excluding carboxylic acids is 1. The van der Waals surface area contributed by atoms with Gasteiger partial charge in [-0.2, -0.15) is 0 Å². The number of halogens is 2. The van der Waals surface area contributed by atoms with Gasteiger partial charge < -0.3 is 14.8 Å². The molecule has 1 N–H and O–H groups in total. The van der Waals surface area contributed by atoms with Crippen LogP contribution in [0.2, 0.25) is 0 Å². The van der Waals surface area contributed by atoms with E-state index in [1.807, 2.05) is 12.3 Å². The lowest BCUT2D eigenvalue weighted by molar-refractivity contribution is -0.127. The number of hydrogen-bond acceptors (Lipinski definition) is 4. The van der Waals surface area contributed by atoms with Crippen molar-refractivity contribution in [2.45, 2.75) is 25.3 Å². The first kappa shape index (κ1) is 16.0. The number of carbonyl (C=O) groups is 1. The molecule has 2 aromatic heterocycles. The average Bonchev–Trinajstić information content (AvgIpc) is 3.25. The Morgan fingerprint density at radius 2 is 2.16 bits per heavy atom. The Hall–Kier alpha value is -2.51. The highest BCUT2D eigenvalue weighted by atomic mass is 19.3. The van der Waals surface area contributed by atoms with Crippen LogP contribution in [0, 0.1) is 5.92 Å². The molecule has 0 unspecified atom stereocenters. The number of allylic oxidation sites excluding steroid dienone is 1. The quantitative estimate of drug-likeness (QED) is 0.865. The third-order valence-electron chi connectivity index (χ3n) is 5.16. The topological polar surface area (TPSA) is 65.1 Å². The van der Waals surface area contributed by atoms with Crippen LogP contribution in [0.3, 0.4) is 0 Å². The Kier molecular flexibility index (Phi) is 4.10. The summed E-state index contributed by atoms with van der Waals surface area (Å²) in [5, 5.41) is 0.962. The number of fused-ring (bicyclic) bond motifs is 2. The first-order valence-electron chi connectivity index (χ1n) is 8.43. The van der Waals surface area contributed by atoms with Crippen molar-refractivity contribution in [2.75, 3.05) is 24.5 Å². The molecule has 2 aromatic rings. The highest BCUT2D eigenvalue weighted by molar-refractivity contribution is 5.89. The predicted octanol–water partition coefficient (Wildman–Crippen LogP) is 2.21. The number of anilines is 1. The van der Waals surface area contributed by atoms with Crippen molar-refractivity contribution in [2.24, 2.45) is 5.92 Å². The lowest BCUT2D eigenvalue weighted by Crippen LogP contribution is -2.50. The summed E-state index contributed by atoms with van der Waals surface area (Å²) in [7, 11) is 0. The van der Waals surface area contributed by atoms with Crippen LogP contribution in [0.4, 0.5) is 14.6 Å². The molecule has 0 aliphatic carbocycles. The third kappa shape index (κ3) is 2.96. The molecule has 2 atom stereocenters. The zero-order valence-electron chi connectivity index (χ0n) is 13.6. The van der Waals surface area contributed by atoms with E-state index in [0.29, 0.717) is 25.1 Å². The van der Waals surface area contributed by atoms with E-state index in [-0.39, 0.29) is 11.9 Å². The average molecular weight is 347 g/mol. The molecule has 2 fully saturated rings. The molecule has 0 aromatic carbocycles. The molecular weight excluding hydrogens is 328 g/mol. The zero-order chi connectivity index (χ0) is 17.4. The first-order chi connectivity index (χ1) is 12.1. The van der Waals surface area contributed by atoms with Crippen molar-refractivity contribution >= 4 is 22.8 Å². The lowest BCUT2D eigenvalue weighted by Gasteiger charge is -2.38. The molecule has 4 rings (SSSR count).